The van der Waals surface area contributed by atoms with Crippen LogP contribution in [0.4, 0.5) is 10.6 Å². The zero-order valence-corrected chi connectivity index (χ0v) is 9.34. The van der Waals surface area contributed by atoms with Gasteiger partial charge < -0.3 is 9.15 Å². The molecule has 5 heteroatoms. The summed E-state index contributed by atoms with van der Waals surface area (Å²) in [6, 6.07) is 9.45. The van der Waals surface area contributed by atoms with E-state index in [2.05, 4.69) is 10.3 Å². The SMILES string of the molecule is Cc1ocnc1NC(=O)OCc1ccccc1. The predicted octanol–water partition coefficient (Wildman–Crippen LogP) is 2.73. The summed E-state index contributed by atoms with van der Waals surface area (Å²) in [5.74, 6) is 0.921. The monoisotopic (exact) mass is 232 g/mol. The molecule has 0 saturated carbocycles. The molecule has 1 N–H and O–H groups in total. The van der Waals surface area contributed by atoms with E-state index in [1.165, 1.54) is 6.39 Å². The minimum Gasteiger partial charge on any atom is -0.446 e. The Hall–Kier alpha value is -2.30. The van der Waals surface area contributed by atoms with Crippen molar-refractivity contribution in [2.45, 2.75) is 13.5 Å². The minimum atomic E-state index is -0.550. The highest BCUT2D eigenvalue weighted by atomic mass is 16.5. The average molecular weight is 232 g/mol. The van der Waals surface area contributed by atoms with Gasteiger partial charge in [-0.3, -0.25) is 5.32 Å². The second-order valence-corrected chi connectivity index (χ2v) is 3.44. The van der Waals surface area contributed by atoms with Crippen LogP contribution in [0.5, 0.6) is 0 Å². The number of nitrogens with zero attached hydrogens (tertiary/aromatic N) is 1. The number of anilines is 1. The van der Waals surface area contributed by atoms with Crippen molar-refractivity contribution in [3.63, 3.8) is 0 Å². The standard InChI is InChI=1S/C12H12N2O3/c1-9-11(13-8-17-9)14-12(15)16-7-10-5-3-2-4-6-10/h2-6,8H,7H2,1H3,(H,14,15). The molecule has 2 aromatic rings. The molecule has 1 aromatic carbocycles. The van der Waals surface area contributed by atoms with Crippen molar-refractivity contribution in [2.24, 2.45) is 0 Å². The van der Waals surface area contributed by atoms with Gasteiger partial charge in [0, 0.05) is 0 Å². The number of rotatable bonds is 3. The molecular weight excluding hydrogens is 220 g/mol. The fraction of sp³-hybridized carbons (Fsp3) is 0.167. The molecule has 1 amide bonds. The Bertz CT molecular complexity index is 493. The Kier molecular flexibility index (Phi) is 3.40. The van der Waals surface area contributed by atoms with Gasteiger partial charge in [0.2, 0.25) is 0 Å². The zero-order chi connectivity index (χ0) is 12.1. The topological polar surface area (TPSA) is 64.4 Å². The Morgan fingerprint density at radius 3 is 2.82 bits per heavy atom. The summed E-state index contributed by atoms with van der Waals surface area (Å²) in [6.45, 7) is 1.93. The number of nitrogens with one attached hydrogen (secondary N) is 1. The van der Waals surface area contributed by atoms with Crippen molar-refractivity contribution in [2.75, 3.05) is 5.32 Å². The van der Waals surface area contributed by atoms with Crippen LogP contribution in [0.15, 0.2) is 41.1 Å². The lowest BCUT2D eigenvalue weighted by atomic mass is 10.2. The summed E-state index contributed by atoms with van der Waals surface area (Å²) in [7, 11) is 0. The van der Waals surface area contributed by atoms with Crippen LogP contribution in [0.2, 0.25) is 0 Å². The summed E-state index contributed by atoms with van der Waals surface area (Å²) in [4.78, 5) is 15.3. The summed E-state index contributed by atoms with van der Waals surface area (Å²) in [6.07, 6.45) is 0.716. The highest BCUT2D eigenvalue weighted by Gasteiger charge is 2.08. The van der Waals surface area contributed by atoms with Crippen molar-refractivity contribution < 1.29 is 13.9 Å². The van der Waals surface area contributed by atoms with E-state index in [0.29, 0.717) is 11.6 Å². The third-order valence-electron chi connectivity index (χ3n) is 2.18. The van der Waals surface area contributed by atoms with Crippen LogP contribution in [-0.4, -0.2) is 11.1 Å². The third kappa shape index (κ3) is 3.07. The van der Waals surface area contributed by atoms with E-state index in [4.69, 9.17) is 9.15 Å². The summed E-state index contributed by atoms with van der Waals surface area (Å²) >= 11 is 0. The molecule has 0 aliphatic heterocycles. The molecule has 0 spiro atoms. The molecule has 0 fully saturated rings. The molecule has 0 aliphatic rings. The smallest absolute Gasteiger partial charge is 0.413 e. The van der Waals surface area contributed by atoms with Crippen LogP contribution in [0, 0.1) is 6.92 Å². The van der Waals surface area contributed by atoms with Crippen LogP contribution < -0.4 is 5.32 Å². The van der Waals surface area contributed by atoms with Crippen molar-refractivity contribution in [1.29, 1.82) is 0 Å². The van der Waals surface area contributed by atoms with Crippen molar-refractivity contribution in [3.8, 4) is 0 Å². The number of hydrogen-bond acceptors (Lipinski definition) is 4. The molecule has 0 saturated heterocycles. The number of carbonyl (C=O) groups is 1. The lowest BCUT2D eigenvalue weighted by molar-refractivity contribution is 0.155. The molecule has 0 bridgehead atoms. The molecule has 5 nitrogen and oxygen atoms in total. The van der Waals surface area contributed by atoms with E-state index < -0.39 is 6.09 Å². The van der Waals surface area contributed by atoms with E-state index in [-0.39, 0.29) is 6.61 Å². The quantitative estimate of drug-likeness (QED) is 0.883. The molecule has 0 radical (unpaired) electrons. The van der Waals surface area contributed by atoms with Gasteiger partial charge >= 0.3 is 6.09 Å². The van der Waals surface area contributed by atoms with Crippen LogP contribution in [0.1, 0.15) is 11.3 Å². The first-order chi connectivity index (χ1) is 8.25. The summed E-state index contributed by atoms with van der Waals surface area (Å²) < 4.78 is 9.97. The van der Waals surface area contributed by atoms with Crippen molar-refractivity contribution >= 4 is 11.9 Å². The number of ether oxygens (including phenoxy) is 1. The van der Waals surface area contributed by atoms with Gasteiger partial charge in [0.15, 0.2) is 12.2 Å². The van der Waals surface area contributed by atoms with Gasteiger partial charge in [0.1, 0.15) is 12.4 Å². The molecule has 1 aromatic heterocycles. The van der Waals surface area contributed by atoms with E-state index in [9.17, 15) is 4.79 Å². The van der Waals surface area contributed by atoms with Crippen molar-refractivity contribution in [1.82, 2.24) is 4.98 Å². The first-order valence-corrected chi connectivity index (χ1v) is 5.13. The van der Waals surface area contributed by atoms with E-state index in [1.54, 1.807) is 6.92 Å². The Morgan fingerprint density at radius 2 is 2.18 bits per heavy atom. The number of aryl methyl sites for hydroxylation is 1. The average Bonchev–Trinajstić information content (AvgIpc) is 2.74. The summed E-state index contributed by atoms with van der Waals surface area (Å²) in [5, 5.41) is 2.49. The van der Waals surface area contributed by atoms with E-state index in [0.717, 1.165) is 5.56 Å². The molecule has 0 unspecified atom stereocenters. The molecule has 17 heavy (non-hydrogen) atoms. The second-order valence-electron chi connectivity index (χ2n) is 3.44. The van der Waals surface area contributed by atoms with Crippen LogP contribution in [-0.2, 0) is 11.3 Å². The van der Waals surface area contributed by atoms with Gasteiger partial charge in [-0.05, 0) is 12.5 Å². The fourth-order valence-electron chi connectivity index (χ4n) is 1.28. The van der Waals surface area contributed by atoms with Crippen LogP contribution in [0.25, 0.3) is 0 Å². The molecule has 88 valence electrons. The fourth-order valence-corrected chi connectivity index (χ4v) is 1.28. The van der Waals surface area contributed by atoms with Crippen LogP contribution >= 0.6 is 0 Å². The first kappa shape index (κ1) is 11.2. The van der Waals surface area contributed by atoms with Gasteiger partial charge in [0.25, 0.3) is 0 Å². The highest BCUT2D eigenvalue weighted by Crippen LogP contribution is 2.11. The number of amides is 1. The molecule has 2 rings (SSSR count). The van der Waals surface area contributed by atoms with Gasteiger partial charge in [-0.2, -0.15) is 4.98 Å². The van der Waals surface area contributed by atoms with Crippen molar-refractivity contribution in [3.05, 3.63) is 48.0 Å². The number of oxazole rings is 1. The van der Waals surface area contributed by atoms with Crippen LogP contribution in [0.3, 0.4) is 0 Å². The second kappa shape index (κ2) is 5.16. The number of hydrogen-bond donors (Lipinski definition) is 1. The minimum absolute atomic E-state index is 0.226. The Morgan fingerprint density at radius 1 is 1.41 bits per heavy atom. The van der Waals surface area contributed by atoms with E-state index >= 15 is 0 Å². The molecular formula is C12H12N2O3. The molecule has 1 heterocycles. The Labute approximate surface area is 98.4 Å². The van der Waals surface area contributed by atoms with Gasteiger partial charge in [-0.25, -0.2) is 4.79 Å². The lowest BCUT2D eigenvalue weighted by Gasteiger charge is -2.05. The van der Waals surface area contributed by atoms with Gasteiger partial charge in [0.05, 0.1) is 0 Å². The largest absolute Gasteiger partial charge is 0.446 e. The predicted molar refractivity (Wildman–Crippen MR) is 61.5 cm³/mol. The molecule has 0 aliphatic carbocycles. The lowest BCUT2D eigenvalue weighted by Crippen LogP contribution is -2.14. The van der Waals surface area contributed by atoms with Gasteiger partial charge in [-0.15, -0.1) is 0 Å². The van der Waals surface area contributed by atoms with Gasteiger partial charge in [-0.1, -0.05) is 30.3 Å². The number of aromatic nitrogens is 1. The maximum atomic E-state index is 11.4. The number of benzene rings is 1. The maximum Gasteiger partial charge on any atom is 0.413 e. The number of carbonyl (C=O) groups excluding carboxylic acids is 1. The third-order valence-corrected chi connectivity index (χ3v) is 2.18. The highest BCUT2D eigenvalue weighted by molar-refractivity contribution is 5.83. The Balaban J connectivity index is 1.85. The maximum absolute atomic E-state index is 11.4. The molecule has 0 atom stereocenters. The zero-order valence-electron chi connectivity index (χ0n) is 9.34. The first-order valence-electron chi connectivity index (χ1n) is 5.13. The van der Waals surface area contributed by atoms with E-state index in [1.807, 2.05) is 30.3 Å². The summed E-state index contributed by atoms with van der Waals surface area (Å²) in [5.41, 5.74) is 0.930. The normalized spacial score (nSPS) is 9.94.